The van der Waals surface area contributed by atoms with Crippen molar-refractivity contribution in [1.29, 1.82) is 0 Å². The highest BCUT2D eigenvalue weighted by molar-refractivity contribution is 6.29. The van der Waals surface area contributed by atoms with E-state index >= 15 is 0 Å². The summed E-state index contributed by atoms with van der Waals surface area (Å²) in [4.78, 5) is 0. The quantitative estimate of drug-likeness (QED) is 0.115. The lowest BCUT2D eigenvalue weighted by Crippen LogP contribution is -2.16. The molecular formula is C141H96. The lowest BCUT2D eigenvalue weighted by Gasteiger charge is -2.26. The van der Waals surface area contributed by atoms with Crippen molar-refractivity contribution in [3.8, 4) is 100 Å². The molecule has 0 nitrogen and oxygen atoms in total. The Morgan fingerprint density at radius 1 is 0.113 bits per heavy atom. The molecule has 0 bridgehead atoms. The van der Waals surface area contributed by atoms with Crippen LogP contribution in [0.2, 0.25) is 0 Å². The number of hydrogen-bond donors (Lipinski definition) is 0. The van der Waals surface area contributed by atoms with Crippen LogP contribution in [0.25, 0.3) is 262 Å². The van der Waals surface area contributed by atoms with Crippen LogP contribution in [0, 0.1) is 0 Å². The molecule has 0 atom stereocenters. The monoisotopic (exact) mass is 1790 g/mol. The van der Waals surface area contributed by atoms with Gasteiger partial charge in [-0.3, -0.25) is 0 Å². The Morgan fingerprint density at radius 2 is 0.340 bits per heavy atom. The molecule has 0 unspecified atom stereocenters. The van der Waals surface area contributed by atoms with Crippen molar-refractivity contribution in [2.75, 3.05) is 0 Å². The minimum atomic E-state index is -0.160. The Bertz CT molecular complexity index is 9930. The molecule has 27 aromatic carbocycles. The number of fused-ring (bicyclic) bond motifs is 26. The summed E-state index contributed by atoms with van der Waals surface area (Å²) in [6.45, 7) is 14.5. The molecule has 3 aliphatic rings. The maximum Gasteiger partial charge on any atom is 0.0165 e. The third-order valence-corrected chi connectivity index (χ3v) is 32.3. The Kier molecular flexibility index (Phi) is 18.3. The topological polar surface area (TPSA) is 0 Å². The molecule has 0 aliphatic heterocycles. The molecule has 30 rings (SSSR count). The predicted octanol–water partition coefficient (Wildman–Crippen LogP) is 39.3. The fourth-order valence-corrected chi connectivity index (χ4v) is 26.1. The van der Waals surface area contributed by atoms with Gasteiger partial charge in [-0.1, -0.05) is 460 Å². The first-order chi connectivity index (χ1) is 69.2. The maximum absolute atomic E-state index is 2.43. The minimum Gasteiger partial charge on any atom is -0.0616 e. The van der Waals surface area contributed by atoms with Gasteiger partial charge in [0.1, 0.15) is 0 Å². The lowest BCUT2D eigenvalue weighted by molar-refractivity contribution is 0.663. The van der Waals surface area contributed by atoms with Crippen LogP contribution in [-0.4, -0.2) is 0 Å². The molecule has 0 amide bonds. The van der Waals surface area contributed by atoms with Gasteiger partial charge in [0, 0.05) is 16.2 Å². The van der Waals surface area contributed by atoms with Crippen LogP contribution in [0.5, 0.6) is 0 Å². The summed E-state index contributed by atoms with van der Waals surface area (Å²) in [7, 11) is 0. The third kappa shape index (κ3) is 12.4. The van der Waals surface area contributed by atoms with E-state index in [2.05, 4.69) is 515 Å². The van der Waals surface area contributed by atoms with Gasteiger partial charge < -0.3 is 0 Å². The second-order valence-electron chi connectivity index (χ2n) is 41.0. The van der Waals surface area contributed by atoms with Gasteiger partial charge in [0.15, 0.2) is 0 Å². The van der Waals surface area contributed by atoms with Gasteiger partial charge >= 0.3 is 0 Å². The lowest BCUT2D eigenvalue weighted by atomic mass is 9.76. The van der Waals surface area contributed by atoms with Gasteiger partial charge in [0.25, 0.3) is 0 Å². The van der Waals surface area contributed by atoms with Crippen LogP contribution in [0.4, 0.5) is 0 Å². The van der Waals surface area contributed by atoms with E-state index in [1.165, 1.54) is 295 Å². The largest absolute Gasteiger partial charge is 0.0616 e. The molecule has 0 fully saturated rings. The molecule has 3 aliphatic carbocycles. The van der Waals surface area contributed by atoms with Crippen molar-refractivity contribution >= 4 is 162 Å². The highest BCUT2D eigenvalue weighted by Gasteiger charge is 2.43. The molecule has 0 spiro atoms. The standard InChI is InChI=1S/C51H34.C47H32.C43H30/c1-51(2)47-30-34-16-6-5-15-33(34)29-46(47)43-23-12-24-44(50(43)51)49-41-19-9-7-17-39(41)48(40-18-8-10-20-42(40)49)38-22-11-21-36-37(38)26-25-35-27-31-13-3-4-14-32(31)28-45(35)36;1-47(2)43-28-32-14-4-3-13-31(32)26-42(43)39-20-11-21-40(46(39)47)45-37-18-9-7-16-35(37)44(36-17-8-10-19-38(36)45)33-25-24-30-23-22-29-12-5-6-15-34(29)41(30)27-33;1-43(2)39-26-29-15-4-3-14-28(29)25-38(39)36-23-12-24-37(42(36)43)41-34-20-9-7-18-32(34)40(33-19-8-10-21-35(33)41)31-22-11-16-27-13-5-6-17-30(27)31/h3-30H,1-2H3;3-28H,1-2H3;3-26H,1-2H3. The molecule has 141 heavy (non-hydrogen) atoms. The van der Waals surface area contributed by atoms with E-state index in [0.29, 0.717) is 0 Å². The van der Waals surface area contributed by atoms with Crippen LogP contribution in [0.15, 0.2) is 473 Å². The maximum atomic E-state index is 2.43. The van der Waals surface area contributed by atoms with Gasteiger partial charge in [0.05, 0.1) is 0 Å². The van der Waals surface area contributed by atoms with Crippen LogP contribution in [0.1, 0.15) is 74.9 Å². The Labute approximate surface area is 820 Å². The van der Waals surface area contributed by atoms with Crippen LogP contribution in [-0.2, 0) is 16.2 Å². The molecule has 0 N–H and O–H groups in total. The predicted molar refractivity (Wildman–Crippen MR) is 607 cm³/mol. The van der Waals surface area contributed by atoms with Gasteiger partial charge in [-0.2, -0.15) is 0 Å². The molecule has 0 radical (unpaired) electrons. The van der Waals surface area contributed by atoms with E-state index in [4.69, 9.17) is 0 Å². The van der Waals surface area contributed by atoms with Crippen LogP contribution in [0.3, 0.4) is 0 Å². The fourth-order valence-electron chi connectivity index (χ4n) is 26.1. The zero-order chi connectivity index (χ0) is 93.8. The Hall–Kier alpha value is -17.2. The SMILES string of the molecule is CC1(C)c2cc3ccccc3cc2-c2cccc(-c3c4ccccc4c(-c4ccc5ccc6ccccc6c5c4)c4ccccc34)c21.CC1(C)c2cc3ccccc3cc2-c2cccc(-c3c4ccccc4c(-c4cccc5c4ccc4cc6ccccc6cc45)c4ccccc34)c21.CC1(C)c2cc3ccccc3cc2-c2cccc(-c3c4ccccc4c(-c4cccc5ccccc45)c4ccccc34)c21. The molecule has 0 heterocycles. The Morgan fingerprint density at radius 3 is 0.716 bits per heavy atom. The highest BCUT2D eigenvalue weighted by atomic mass is 14.5. The van der Waals surface area contributed by atoms with Gasteiger partial charge in [-0.25, -0.2) is 0 Å². The first-order valence-corrected chi connectivity index (χ1v) is 49.8. The molecule has 0 aromatic heterocycles. The summed E-state index contributed by atoms with van der Waals surface area (Å²) < 4.78 is 0. The average Bonchev–Trinajstić information content (AvgIpc) is 1.36. The van der Waals surface area contributed by atoms with Gasteiger partial charge in [0.2, 0.25) is 0 Å². The van der Waals surface area contributed by atoms with Crippen molar-refractivity contribution in [2.24, 2.45) is 0 Å². The zero-order valence-electron chi connectivity index (χ0n) is 79.5. The molecule has 0 heteroatoms. The highest BCUT2D eigenvalue weighted by Crippen LogP contribution is 2.61. The van der Waals surface area contributed by atoms with E-state index in [1.54, 1.807) is 0 Å². The second-order valence-corrected chi connectivity index (χ2v) is 41.0. The summed E-state index contributed by atoms with van der Waals surface area (Å²) in [5.74, 6) is 0. The smallest absolute Gasteiger partial charge is 0.0165 e. The first-order valence-electron chi connectivity index (χ1n) is 49.8. The summed E-state index contributed by atoms with van der Waals surface area (Å²) in [5, 5.41) is 38.7. The van der Waals surface area contributed by atoms with Gasteiger partial charge in [-0.15, -0.1) is 0 Å². The number of rotatable bonds is 6. The van der Waals surface area contributed by atoms with Crippen molar-refractivity contribution in [1.82, 2.24) is 0 Å². The number of benzene rings is 27. The van der Waals surface area contributed by atoms with E-state index in [1.807, 2.05) is 0 Å². The van der Waals surface area contributed by atoms with E-state index in [0.717, 1.165) is 0 Å². The van der Waals surface area contributed by atoms with E-state index in [9.17, 15) is 0 Å². The molecule has 0 saturated carbocycles. The van der Waals surface area contributed by atoms with Gasteiger partial charge in [-0.05, 0) is 350 Å². The normalized spacial score (nSPS) is 13.5. The summed E-state index contributed by atoms with van der Waals surface area (Å²) >= 11 is 0. The Balaban J connectivity index is 0.000000104. The summed E-state index contributed by atoms with van der Waals surface area (Å²) in [5.41, 5.74) is 31.9. The zero-order valence-corrected chi connectivity index (χ0v) is 79.5. The first kappa shape index (κ1) is 82.1. The van der Waals surface area contributed by atoms with Crippen molar-refractivity contribution in [2.45, 2.75) is 57.8 Å². The van der Waals surface area contributed by atoms with E-state index < -0.39 is 0 Å². The van der Waals surface area contributed by atoms with Crippen molar-refractivity contribution in [3.05, 3.63) is 507 Å². The summed E-state index contributed by atoms with van der Waals surface area (Å²) in [6.07, 6.45) is 0. The van der Waals surface area contributed by atoms with Crippen LogP contribution < -0.4 is 0 Å². The van der Waals surface area contributed by atoms with E-state index in [-0.39, 0.29) is 16.2 Å². The molecule has 0 saturated heterocycles. The summed E-state index contributed by atoms with van der Waals surface area (Å²) in [6, 6.07) is 177. The molecule has 660 valence electrons. The number of hydrogen-bond acceptors (Lipinski definition) is 0. The van der Waals surface area contributed by atoms with Crippen molar-refractivity contribution < 1.29 is 0 Å². The fraction of sp³-hybridized carbons (Fsp3) is 0.0638. The van der Waals surface area contributed by atoms with Crippen LogP contribution >= 0.6 is 0 Å². The third-order valence-electron chi connectivity index (χ3n) is 32.3. The second kappa shape index (κ2) is 31.4. The minimum absolute atomic E-state index is 0.137. The van der Waals surface area contributed by atoms with Crippen molar-refractivity contribution in [3.63, 3.8) is 0 Å². The molecular weight excluding hydrogens is 1690 g/mol. The molecule has 27 aromatic rings. The average molecular weight is 1790 g/mol.